The molecule has 1 rings (SSSR count). The van der Waals surface area contributed by atoms with Crippen LogP contribution >= 0.6 is 11.6 Å². The van der Waals surface area contributed by atoms with Crippen molar-refractivity contribution in [1.82, 2.24) is 5.32 Å². The van der Waals surface area contributed by atoms with Crippen LogP contribution in [0.15, 0.2) is 24.3 Å². The molecule has 1 atom stereocenters. The van der Waals surface area contributed by atoms with E-state index in [2.05, 4.69) is 32.2 Å². The third kappa shape index (κ3) is 3.80. The Labute approximate surface area is 104 Å². The molecule has 1 nitrogen and oxygen atoms in total. The molecule has 0 unspecified atom stereocenters. The van der Waals surface area contributed by atoms with Crippen LogP contribution in [0, 0.1) is 5.92 Å². The number of rotatable bonds is 6. The van der Waals surface area contributed by atoms with Crippen molar-refractivity contribution in [2.75, 3.05) is 6.54 Å². The van der Waals surface area contributed by atoms with Crippen LogP contribution in [0.3, 0.4) is 0 Å². The highest BCUT2D eigenvalue weighted by molar-refractivity contribution is 6.31. The normalized spacial score (nSPS) is 13.1. The Kier molecular flexibility index (Phi) is 5.86. The third-order valence-corrected chi connectivity index (χ3v) is 3.58. The zero-order valence-electron chi connectivity index (χ0n) is 10.5. The summed E-state index contributed by atoms with van der Waals surface area (Å²) in [5.74, 6) is 0.768. The van der Waals surface area contributed by atoms with Crippen molar-refractivity contribution < 1.29 is 0 Å². The van der Waals surface area contributed by atoms with Gasteiger partial charge < -0.3 is 5.32 Å². The molecule has 0 saturated carbocycles. The smallest absolute Gasteiger partial charge is 0.0453 e. The SMILES string of the molecule is CCC(CC)CN[C@@H](C)c1ccccc1Cl. The molecule has 0 saturated heterocycles. The molecule has 2 heteroatoms. The summed E-state index contributed by atoms with van der Waals surface area (Å²) in [5.41, 5.74) is 1.19. The predicted molar refractivity (Wildman–Crippen MR) is 71.9 cm³/mol. The molecule has 1 aromatic rings. The average Bonchev–Trinajstić information content (AvgIpc) is 2.30. The molecular formula is C14H22ClN. The number of hydrogen-bond acceptors (Lipinski definition) is 1. The van der Waals surface area contributed by atoms with E-state index >= 15 is 0 Å². The molecule has 0 amide bonds. The van der Waals surface area contributed by atoms with Crippen LogP contribution in [0.1, 0.15) is 45.2 Å². The first-order valence-corrected chi connectivity index (χ1v) is 6.54. The maximum absolute atomic E-state index is 6.16. The van der Waals surface area contributed by atoms with Gasteiger partial charge in [-0.05, 0) is 31.0 Å². The van der Waals surface area contributed by atoms with Gasteiger partial charge in [-0.25, -0.2) is 0 Å². The minimum absolute atomic E-state index is 0.328. The molecule has 0 bridgehead atoms. The highest BCUT2D eigenvalue weighted by Gasteiger charge is 2.10. The van der Waals surface area contributed by atoms with E-state index in [0.29, 0.717) is 6.04 Å². The zero-order valence-corrected chi connectivity index (χ0v) is 11.2. The summed E-state index contributed by atoms with van der Waals surface area (Å²) < 4.78 is 0. The molecule has 0 spiro atoms. The fourth-order valence-electron chi connectivity index (χ4n) is 1.86. The van der Waals surface area contributed by atoms with Crippen molar-refractivity contribution in [3.8, 4) is 0 Å². The van der Waals surface area contributed by atoms with Crippen LogP contribution in [-0.2, 0) is 0 Å². The maximum atomic E-state index is 6.16. The fourth-order valence-corrected chi connectivity index (χ4v) is 2.16. The van der Waals surface area contributed by atoms with Crippen LogP contribution in [0.25, 0.3) is 0 Å². The Morgan fingerprint density at radius 1 is 1.19 bits per heavy atom. The van der Waals surface area contributed by atoms with E-state index in [9.17, 15) is 0 Å². The Balaban J connectivity index is 2.52. The number of hydrogen-bond donors (Lipinski definition) is 1. The lowest BCUT2D eigenvalue weighted by molar-refractivity contribution is 0.422. The first kappa shape index (κ1) is 13.5. The molecular weight excluding hydrogens is 218 g/mol. The topological polar surface area (TPSA) is 12.0 Å². The molecule has 0 aromatic heterocycles. The second kappa shape index (κ2) is 6.93. The highest BCUT2D eigenvalue weighted by Crippen LogP contribution is 2.22. The van der Waals surface area contributed by atoms with Crippen LogP contribution in [-0.4, -0.2) is 6.54 Å². The first-order valence-electron chi connectivity index (χ1n) is 6.16. The summed E-state index contributed by atoms with van der Waals surface area (Å²) in [4.78, 5) is 0. The summed E-state index contributed by atoms with van der Waals surface area (Å²) in [6.07, 6.45) is 2.47. The van der Waals surface area contributed by atoms with Crippen molar-refractivity contribution >= 4 is 11.6 Å². The maximum Gasteiger partial charge on any atom is 0.0453 e. The van der Waals surface area contributed by atoms with Crippen molar-refractivity contribution in [3.05, 3.63) is 34.9 Å². The third-order valence-electron chi connectivity index (χ3n) is 3.24. The van der Waals surface area contributed by atoms with Gasteiger partial charge in [0.1, 0.15) is 0 Å². The Morgan fingerprint density at radius 2 is 1.81 bits per heavy atom. The van der Waals surface area contributed by atoms with Gasteiger partial charge in [0.25, 0.3) is 0 Å². The molecule has 0 aliphatic carbocycles. The van der Waals surface area contributed by atoms with Crippen molar-refractivity contribution in [2.45, 2.75) is 39.7 Å². The first-order chi connectivity index (χ1) is 7.69. The van der Waals surface area contributed by atoms with E-state index in [4.69, 9.17) is 11.6 Å². The van der Waals surface area contributed by atoms with Gasteiger partial charge in [-0.3, -0.25) is 0 Å². The largest absolute Gasteiger partial charge is 0.310 e. The monoisotopic (exact) mass is 239 g/mol. The van der Waals surface area contributed by atoms with Gasteiger partial charge in [0, 0.05) is 11.1 Å². The summed E-state index contributed by atoms with van der Waals surface area (Å²) in [5, 5.41) is 4.41. The average molecular weight is 240 g/mol. The van der Waals surface area contributed by atoms with Crippen molar-refractivity contribution in [2.24, 2.45) is 5.92 Å². The van der Waals surface area contributed by atoms with Gasteiger partial charge in [0.15, 0.2) is 0 Å². The summed E-state index contributed by atoms with van der Waals surface area (Å²) in [7, 11) is 0. The van der Waals surface area contributed by atoms with Gasteiger partial charge >= 0.3 is 0 Å². The van der Waals surface area contributed by atoms with E-state index in [0.717, 1.165) is 17.5 Å². The number of nitrogens with one attached hydrogen (secondary N) is 1. The summed E-state index contributed by atoms with van der Waals surface area (Å²) in [6.45, 7) is 7.73. The zero-order chi connectivity index (χ0) is 12.0. The molecule has 1 aromatic carbocycles. The van der Waals surface area contributed by atoms with Crippen LogP contribution in [0.5, 0.6) is 0 Å². The van der Waals surface area contributed by atoms with E-state index in [-0.39, 0.29) is 0 Å². The van der Waals surface area contributed by atoms with Crippen LogP contribution in [0.4, 0.5) is 0 Å². The lowest BCUT2D eigenvalue weighted by Crippen LogP contribution is -2.25. The van der Waals surface area contributed by atoms with Crippen LogP contribution < -0.4 is 5.32 Å². The molecule has 0 aliphatic rings. The van der Waals surface area contributed by atoms with Crippen molar-refractivity contribution in [1.29, 1.82) is 0 Å². The molecule has 0 aliphatic heterocycles. The molecule has 90 valence electrons. The molecule has 1 N–H and O–H groups in total. The lowest BCUT2D eigenvalue weighted by atomic mass is 10.0. The minimum Gasteiger partial charge on any atom is -0.310 e. The lowest BCUT2D eigenvalue weighted by Gasteiger charge is -2.19. The molecule has 16 heavy (non-hydrogen) atoms. The van der Waals surface area contributed by atoms with Crippen LogP contribution in [0.2, 0.25) is 5.02 Å². The van der Waals surface area contributed by atoms with Gasteiger partial charge in [-0.1, -0.05) is 56.5 Å². The van der Waals surface area contributed by atoms with Gasteiger partial charge in [-0.2, -0.15) is 0 Å². The van der Waals surface area contributed by atoms with Gasteiger partial charge in [0.2, 0.25) is 0 Å². The molecule has 0 heterocycles. The minimum atomic E-state index is 0.328. The second-order valence-corrected chi connectivity index (χ2v) is 4.74. The quantitative estimate of drug-likeness (QED) is 0.775. The van der Waals surface area contributed by atoms with Crippen molar-refractivity contribution in [3.63, 3.8) is 0 Å². The Bertz CT molecular complexity index is 307. The molecule has 0 radical (unpaired) electrons. The van der Waals surface area contributed by atoms with E-state index in [1.807, 2.05) is 18.2 Å². The summed E-state index contributed by atoms with van der Waals surface area (Å²) >= 11 is 6.16. The summed E-state index contributed by atoms with van der Waals surface area (Å²) in [6, 6.07) is 8.38. The van der Waals surface area contributed by atoms with E-state index < -0.39 is 0 Å². The number of halogens is 1. The standard InChI is InChI=1S/C14H22ClN/c1-4-12(5-2)10-16-11(3)13-8-6-7-9-14(13)15/h6-9,11-12,16H,4-5,10H2,1-3H3/t11-/m0/s1. The predicted octanol–water partition coefficient (Wildman–Crippen LogP) is 4.43. The fraction of sp³-hybridized carbons (Fsp3) is 0.571. The second-order valence-electron chi connectivity index (χ2n) is 4.33. The Hall–Kier alpha value is -0.530. The molecule has 0 fully saturated rings. The van der Waals surface area contributed by atoms with Gasteiger partial charge in [-0.15, -0.1) is 0 Å². The van der Waals surface area contributed by atoms with E-state index in [1.165, 1.54) is 18.4 Å². The Morgan fingerprint density at radius 3 is 2.38 bits per heavy atom. The van der Waals surface area contributed by atoms with E-state index in [1.54, 1.807) is 0 Å². The highest BCUT2D eigenvalue weighted by atomic mass is 35.5. The number of benzene rings is 1. The van der Waals surface area contributed by atoms with Gasteiger partial charge in [0.05, 0.1) is 0 Å².